The Labute approximate surface area is 216 Å². The van der Waals surface area contributed by atoms with E-state index in [0.29, 0.717) is 6.92 Å². The summed E-state index contributed by atoms with van der Waals surface area (Å²) < 4.78 is 81.9. The molecule has 0 saturated carbocycles. The Balaban J connectivity index is 2.03. The number of alkyl halides is 3. The number of sulfonamides is 1. The van der Waals surface area contributed by atoms with Gasteiger partial charge in [-0.15, -0.1) is 11.8 Å². The molecule has 0 radical (unpaired) electrons. The van der Waals surface area contributed by atoms with Crippen LogP contribution in [0, 0.1) is 5.82 Å². The molecule has 37 heavy (non-hydrogen) atoms. The van der Waals surface area contributed by atoms with Gasteiger partial charge in [0.05, 0.1) is 28.8 Å². The minimum absolute atomic E-state index is 0.00711. The van der Waals surface area contributed by atoms with E-state index in [0.717, 1.165) is 58.5 Å². The average Bonchev–Trinajstić information content (AvgIpc) is 2.81. The summed E-state index contributed by atoms with van der Waals surface area (Å²) in [4.78, 5) is 12.6. The molecule has 0 saturated heterocycles. The Morgan fingerprint density at radius 3 is 2.30 bits per heavy atom. The van der Waals surface area contributed by atoms with Gasteiger partial charge in [0.25, 0.3) is 10.0 Å². The summed E-state index contributed by atoms with van der Waals surface area (Å²) in [6.45, 7) is 1.38. The van der Waals surface area contributed by atoms with Crippen molar-refractivity contribution < 1.29 is 46.1 Å². The van der Waals surface area contributed by atoms with Crippen LogP contribution in [0.1, 0.15) is 38.7 Å². The van der Waals surface area contributed by atoms with Crippen LogP contribution in [-0.4, -0.2) is 59.7 Å². The minimum Gasteiger partial charge on any atom is -0.393 e. The first-order valence-corrected chi connectivity index (χ1v) is 13.6. The molecular weight excluding hydrogens is 538 g/mol. The van der Waals surface area contributed by atoms with Gasteiger partial charge in [0.15, 0.2) is 5.60 Å². The summed E-state index contributed by atoms with van der Waals surface area (Å²) in [5, 5.41) is 29.2. The van der Waals surface area contributed by atoms with E-state index in [9.17, 15) is 46.1 Å². The van der Waals surface area contributed by atoms with Gasteiger partial charge < -0.3 is 15.3 Å². The zero-order valence-electron chi connectivity index (χ0n) is 20.0. The third-order valence-corrected chi connectivity index (χ3v) is 9.26. The van der Waals surface area contributed by atoms with E-state index >= 15 is 0 Å². The predicted octanol–water partition coefficient (Wildman–Crippen LogP) is 3.75. The lowest BCUT2D eigenvalue weighted by Gasteiger charge is -2.38. The molecule has 0 fully saturated rings. The molecule has 7 nitrogen and oxygen atoms in total. The number of benzene rings is 2. The Hall–Kier alpha value is -2.19. The van der Waals surface area contributed by atoms with Crippen molar-refractivity contribution in [3.8, 4) is 0 Å². The van der Waals surface area contributed by atoms with Crippen LogP contribution in [0.2, 0.25) is 0 Å². The monoisotopic (exact) mass is 565 g/mol. The minimum atomic E-state index is -4.98. The summed E-state index contributed by atoms with van der Waals surface area (Å²) in [7, 11) is -4.38. The molecule has 1 unspecified atom stereocenters. The van der Waals surface area contributed by atoms with E-state index in [-0.39, 0.29) is 40.5 Å². The van der Waals surface area contributed by atoms with Crippen molar-refractivity contribution in [1.82, 2.24) is 0 Å². The second-order valence-corrected chi connectivity index (χ2v) is 12.2. The van der Waals surface area contributed by atoms with Crippen LogP contribution >= 0.6 is 11.8 Å². The number of rotatable bonds is 9. The van der Waals surface area contributed by atoms with Gasteiger partial charge in [0, 0.05) is 23.5 Å². The lowest BCUT2D eigenvalue weighted by Crippen LogP contribution is -2.46. The fraction of sp³-hybridized carbons (Fsp3) is 0.458. The highest BCUT2D eigenvalue weighted by Crippen LogP contribution is 2.46. The quantitative estimate of drug-likeness (QED) is 0.397. The highest BCUT2D eigenvalue weighted by atomic mass is 32.2. The third-order valence-electron chi connectivity index (χ3n) is 6.19. The zero-order valence-corrected chi connectivity index (χ0v) is 21.6. The average molecular weight is 566 g/mol. The maximum atomic E-state index is 13.6. The smallest absolute Gasteiger partial charge is 0.393 e. The Morgan fingerprint density at radius 2 is 1.73 bits per heavy atom. The number of hydrogen-bond acceptors (Lipinski definition) is 7. The first kappa shape index (κ1) is 29.4. The number of fused-ring (bicyclic) bond motifs is 1. The van der Waals surface area contributed by atoms with Gasteiger partial charge in [0.2, 0.25) is 0 Å². The number of nitrogens with zero attached hydrogens (tertiary/aromatic N) is 1. The molecule has 3 atom stereocenters. The molecule has 0 aliphatic carbocycles. The third kappa shape index (κ3) is 6.28. The van der Waals surface area contributed by atoms with Gasteiger partial charge in [0.1, 0.15) is 11.6 Å². The number of aliphatic hydroxyl groups excluding tert-OH is 1. The molecular formula is C24H27F4NO6S2. The van der Waals surface area contributed by atoms with E-state index in [1.807, 2.05) is 0 Å². The summed E-state index contributed by atoms with van der Waals surface area (Å²) in [5.74, 6) is -1.05. The van der Waals surface area contributed by atoms with Crippen molar-refractivity contribution in [2.45, 2.75) is 66.3 Å². The number of hydrogen-bond donors (Lipinski definition) is 3. The number of carbonyl (C=O) groups excluding carboxylic acids is 1. The predicted molar refractivity (Wildman–Crippen MR) is 129 cm³/mol. The molecule has 2 aromatic rings. The second kappa shape index (κ2) is 10.5. The first-order valence-electron chi connectivity index (χ1n) is 11.2. The number of Topliss-reactive ketones (excluding diaryl/α,β-unsaturated/α-hetero) is 1. The van der Waals surface area contributed by atoms with E-state index in [1.165, 1.54) is 6.92 Å². The van der Waals surface area contributed by atoms with E-state index < -0.39 is 57.2 Å². The molecule has 0 aromatic heterocycles. The number of anilines is 1. The Morgan fingerprint density at radius 1 is 1.11 bits per heavy atom. The van der Waals surface area contributed by atoms with E-state index in [2.05, 4.69) is 0 Å². The van der Waals surface area contributed by atoms with Gasteiger partial charge in [-0.05, 0) is 62.2 Å². The van der Waals surface area contributed by atoms with Gasteiger partial charge >= 0.3 is 6.18 Å². The van der Waals surface area contributed by atoms with Gasteiger partial charge in [-0.2, -0.15) is 13.2 Å². The molecule has 3 N–H and O–H groups in total. The van der Waals surface area contributed by atoms with Crippen LogP contribution in [0.3, 0.4) is 0 Å². The second-order valence-electron chi connectivity index (χ2n) is 9.37. The molecule has 0 amide bonds. The zero-order chi connectivity index (χ0) is 27.8. The standard InChI is InChI=1S/C24H27F4NO6S2/c1-22(32,14-30)10-9-18(31)12-17-13-36-21-11-15(23(2,33)24(26,27)28)3-8-20(21)29(17)37(34,35)19-6-4-16(25)5-7-19/h3-8,11,17,30,32-33H,9-10,12-14H2,1-2H3/t17-,22+,23?/m0/s1. The van der Waals surface area contributed by atoms with Crippen molar-refractivity contribution in [2.75, 3.05) is 16.7 Å². The lowest BCUT2D eigenvalue weighted by molar-refractivity contribution is -0.258. The number of halogens is 4. The van der Waals surface area contributed by atoms with Gasteiger partial charge in [-0.1, -0.05) is 6.07 Å². The summed E-state index contributed by atoms with van der Waals surface area (Å²) in [6, 6.07) is 6.25. The number of thioether (sulfide) groups is 1. The largest absolute Gasteiger partial charge is 0.421 e. The maximum absolute atomic E-state index is 13.6. The van der Waals surface area contributed by atoms with Crippen LogP contribution in [-0.2, 0) is 20.4 Å². The molecule has 2 aromatic carbocycles. The van der Waals surface area contributed by atoms with Crippen LogP contribution in [0.4, 0.5) is 23.2 Å². The van der Waals surface area contributed by atoms with Crippen molar-refractivity contribution in [1.29, 1.82) is 0 Å². The molecule has 1 aliphatic rings. The molecule has 1 heterocycles. The summed E-state index contributed by atoms with van der Waals surface area (Å²) in [5.41, 5.74) is -5.14. The van der Waals surface area contributed by atoms with Crippen molar-refractivity contribution in [3.05, 3.63) is 53.8 Å². The Kier molecular flexibility index (Phi) is 8.35. The highest BCUT2D eigenvalue weighted by Gasteiger charge is 2.51. The Bertz CT molecular complexity index is 1250. The van der Waals surface area contributed by atoms with E-state index in [1.54, 1.807) is 0 Å². The molecule has 3 rings (SSSR count). The van der Waals surface area contributed by atoms with E-state index in [4.69, 9.17) is 0 Å². The number of ketones is 1. The topological polar surface area (TPSA) is 115 Å². The van der Waals surface area contributed by atoms with Crippen LogP contribution in [0.15, 0.2) is 52.3 Å². The number of aliphatic hydroxyl groups is 3. The number of carbonyl (C=O) groups is 1. The van der Waals surface area contributed by atoms with Gasteiger partial charge in [-0.25, -0.2) is 12.8 Å². The molecule has 0 bridgehead atoms. The fourth-order valence-electron chi connectivity index (χ4n) is 3.77. The van der Waals surface area contributed by atoms with Crippen LogP contribution < -0.4 is 4.31 Å². The van der Waals surface area contributed by atoms with Gasteiger partial charge in [-0.3, -0.25) is 9.10 Å². The summed E-state index contributed by atoms with van der Waals surface area (Å²) >= 11 is 1.04. The molecule has 0 spiro atoms. The fourth-order valence-corrected chi connectivity index (χ4v) is 6.75. The first-order chi connectivity index (χ1) is 17.0. The molecule has 204 valence electrons. The van der Waals surface area contributed by atoms with Crippen molar-refractivity contribution in [3.63, 3.8) is 0 Å². The molecule has 1 aliphatic heterocycles. The maximum Gasteiger partial charge on any atom is 0.421 e. The highest BCUT2D eigenvalue weighted by molar-refractivity contribution is 8.00. The van der Waals surface area contributed by atoms with Crippen molar-refractivity contribution in [2.24, 2.45) is 0 Å². The van der Waals surface area contributed by atoms with Crippen LogP contribution in [0.5, 0.6) is 0 Å². The van der Waals surface area contributed by atoms with Crippen molar-refractivity contribution >= 4 is 33.3 Å². The summed E-state index contributed by atoms with van der Waals surface area (Å²) in [6.07, 6.45) is -5.44. The SMILES string of the molecule is CC(O)(c1ccc2c(c1)SC[C@H](CC(=O)CC[C@@](C)(O)CO)N2S(=O)(=O)c1ccc(F)cc1)C(F)(F)F. The normalized spacial score (nSPS) is 19.6. The molecule has 13 heteroatoms. The lowest BCUT2D eigenvalue weighted by atomic mass is 9.95. The van der Waals surface area contributed by atoms with Crippen LogP contribution in [0.25, 0.3) is 0 Å².